The van der Waals surface area contributed by atoms with Crippen LogP contribution in [0.3, 0.4) is 0 Å². The Morgan fingerprint density at radius 2 is 1.46 bits per heavy atom. The van der Waals surface area contributed by atoms with Crippen molar-refractivity contribution in [2.45, 2.75) is 6.92 Å². The van der Waals surface area contributed by atoms with Crippen LogP contribution >= 0.6 is 0 Å². The van der Waals surface area contributed by atoms with Gasteiger partial charge in [0.15, 0.2) is 11.6 Å². The highest BCUT2D eigenvalue weighted by molar-refractivity contribution is 5.93. The molecule has 0 spiro atoms. The second-order valence-electron chi connectivity index (χ2n) is 5.93. The maximum atomic E-state index is 6.30. The van der Waals surface area contributed by atoms with Gasteiger partial charge in [-0.1, -0.05) is 36.4 Å². The van der Waals surface area contributed by atoms with Crippen molar-refractivity contribution < 1.29 is 0 Å². The van der Waals surface area contributed by atoms with Crippen LogP contribution in [0, 0.1) is 6.92 Å². The third-order valence-corrected chi connectivity index (χ3v) is 4.17. The topological polar surface area (TPSA) is 88.8 Å². The first-order valence-electron chi connectivity index (χ1n) is 8.26. The van der Waals surface area contributed by atoms with Crippen LogP contribution < -0.4 is 16.4 Å². The van der Waals surface area contributed by atoms with E-state index in [2.05, 4.69) is 25.6 Å². The van der Waals surface area contributed by atoms with Crippen molar-refractivity contribution in [2.75, 3.05) is 16.4 Å². The number of nitrogens with two attached hydrogens (primary N) is 1. The van der Waals surface area contributed by atoms with Crippen molar-refractivity contribution in [3.8, 4) is 0 Å². The molecule has 4 aromatic rings. The number of hydrogen-bond acceptors (Lipinski definition) is 6. The number of benzene rings is 2. The van der Waals surface area contributed by atoms with Crippen LogP contribution in [0.5, 0.6) is 0 Å². The quantitative estimate of drug-likeness (QED) is 0.509. The summed E-state index contributed by atoms with van der Waals surface area (Å²) in [5.41, 5.74) is 10.5. The number of anilines is 5. The lowest BCUT2D eigenvalue weighted by Crippen LogP contribution is -2.06. The molecule has 0 amide bonds. The lowest BCUT2D eigenvalue weighted by molar-refractivity contribution is 1.17. The van der Waals surface area contributed by atoms with E-state index < -0.39 is 0 Å². The molecule has 0 atom stereocenters. The molecule has 0 aliphatic carbocycles. The van der Waals surface area contributed by atoms with Gasteiger partial charge < -0.3 is 16.4 Å². The van der Waals surface area contributed by atoms with Gasteiger partial charge >= 0.3 is 0 Å². The highest BCUT2D eigenvalue weighted by Gasteiger charge is 2.11. The van der Waals surface area contributed by atoms with Crippen molar-refractivity contribution >= 4 is 39.6 Å². The Morgan fingerprint density at radius 1 is 0.769 bits per heavy atom. The van der Waals surface area contributed by atoms with E-state index >= 15 is 0 Å². The van der Waals surface area contributed by atoms with Crippen molar-refractivity contribution in [3.05, 3.63) is 72.7 Å². The molecule has 0 bridgehead atoms. The monoisotopic (exact) mass is 342 g/mol. The molecular formula is C20H18N6. The van der Waals surface area contributed by atoms with Crippen LogP contribution in [0.2, 0.25) is 0 Å². The van der Waals surface area contributed by atoms with Gasteiger partial charge in [-0.2, -0.15) is 0 Å². The van der Waals surface area contributed by atoms with Crippen molar-refractivity contribution in [1.29, 1.82) is 0 Å². The number of nitrogens with zero attached hydrogens (tertiary/aromatic N) is 3. The van der Waals surface area contributed by atoms with Gasteiger partial charge in [-0.3, -0.25) is 4.98 Å². The van der Waals surface area contributed by atoms with E-state index in [0.29, 0.717) is 17.3 Å². The van der Waals surface area contributed by atoms with Gasteiger partial charge in [0, 0.05) is 17.3 Å². The molecule has 0 aliphatic heterocycles. The van der Waals surface area contributed by atoms with Crippen molar-refractivity contribution in [1.82, 2.24) is 15.0 Å². The molecule has 6 heteroatoms. The predicted octanol–water partition coefficient (Wildman–Crippen LogP) is 4.40. The Labute approximate surface area is 151 Å². The first-order valence-corrected chi connectivity index (χ1v) is 8.26. The number of fused-ring (bicyclic) bond motifs is 1. The van der Waals surface area contributed by atoms with Crippen LogP contribution in [0.25, 0.3) is 10.9 Å². The standard InChI is InChI=1S/C20H18N6/c1-13-6-2-3-9-15(13)25-19-17(21)20(24-12-23-19)26-16-10-4-7-14-8-5-11-22-18(14)16/h2-12H,21H2,1H3,(H2,23,24,25,26). The molecule has 0 aliphatic rings. The fourth-order valence-corrected chi connectivity index (χ4v) is 2.77. The summed E-state index contributed by atoms with van der Waals surface area (Å²) < 4.78 is 0. The van der Waals surface area contributed by atoms with Crippen LogP contribution in [0.4, 0.5) is 28.7 Å². The number of hydrogen-bond donors (Lipinski definition) is 3. The SMILES string of the molecule is Cc1ccccc1Nc1ncnc(Nc2cccc3cccnc23)c1N. The number of rotatable bonds is 4. The molecule has 0 saturated carbocycles. The average Bonchev–Trinajstić information content (AvgIpc) is 2.67. The molecule has 26 heavy (non-hydrogen) atoms. The summed E-state index contributed by atoms with van der Waals surface area (Å²) in [4.78, 5) is 13.0. The van der Waals surface area contributed by atoms with Gasteiger partial charge in [-0.15, -0.1) is 0 Å². The number of aryl methyl sites for hydroxylation is 1. The van der Waals surface area contributed by atoms with Crippen LogP contribution in [0.15, 0.2) is 67.1 Å². The highest BCUT2D eigenvalue weighted by Crippen LogP contribution is 2.31. The molecule has 0 saturated heterocycles. The predicted molar refractivity (Wildman–Crippen MR) is 106 cm³/mol. The second-order valence-corrected chi connectivity index (χ2v) is 5.93. The molecule has 0 radical (unpaired) electrons. The third-order valence-electron chi connectivity index (χ3n) is 4.17. The Morgan fingerprint density at radius 3 is 2.27 bits per heavy atom. The number of pyridine rings is 1. The molecule has 4 N–H and O–H groups in total. The van der Waals surface area contributed by atoms with Gasteiger partial charge in [0.1, 0.15) is 12.0 Å². The molecule has 4 rings (SSSR count). The van der Waals surface area contributed by atoms with E-state index in [1.54, 1.807) is 6.20 Å². The van der Waals surface area contributed by atoms with E-state index in [1.165, 1.54) is 6.33 Å². The minimum absolute atomic E-state index is 0.448. The number of aromatic nitrogens is 3. The zero-order valence-corrected chi connectivity index (χ0v) is 14.3. The van der Waals surface area contributed by atoms with Gasteiger partial charge in [0.2, 0.25) is 0 Å². The third kappa shape index (κ3) is 3.00. The van der Waals surface area contributed by atoms with Gasteiger partial charge in [-0.05, 0) is 30.7 Å². The molecule has 2 heterocycles. The number of nitrogen functional groups attached to an aromatic ring is 1. The van der Waals surface area contributed by atoms with E-state index in [4.69, 9.17) is 5.73 Å². The van der Waals surface area contributed by atoms with E-state index in [0.717, 1.165) is 27.8 Å². The zero-order valence-electron chi connectivity index (χ0n) is 14.3. The Kier molecular flexibility index (Phi) is 4.07. The lowest BCUT2D eigenvalue weighted by atomic mass is 10.2. The summed E-state index contributed by atoms with van der Waals surface area (Å²) >= 11 is 0. The second kappa shape index (κ2) is 6.68. The molecular weight excluding hydrogens is 324 g/mol. The summed E-state index contributed by atoms with van der Waals surface area (Å²) in [5, 5.41) is 7.59. The maximum absolute atomic E-state index is 6.30. The Balaban J connectivity index is 1.69. The van der Waals surface area contributed by atoms with E-state index in [9.17, 15) is 0 Å². The minimum atomic E-state index is 0.448. The highest BCUT2D eigenvalue weighted by atomic mass is 15.1. The molecule has 2 aromatic carbocycles. The van der Waals surface area contributed by atoms with Crippen molar-refractivity contribution in [2.24, 2.45) is 0 Å². The van der Waals surface area contributed by atoms with Crippen LogP contribution in [-0.2, 0) is 0 Å². The molecule has 0 unspecified atom stereocenters. The molecule has 6 nitrogen and oxygen atoms in total. The van der Waals surface area contributed by atoms with Crippen LogP contribution in [-0.4, -0.2) is 15.0 Å². The largest absolute Gasteiger partial charge is 0.393 e. The lowest BCUT2D eigenvalue weighted by Gasteiger charge is -2.14. The molecule has 0 fully saturated rings. The summed E-state index contributed by atoms with van der Waals surface area (Å²) in [5.74, 6) is 1.10. The molecule has 128 valence electrons. The zero-order chi connectivity index (χ0) is 17.9. The average molecular weight is 342 g/mol. The van der Waals surface area contributed by atoms with Crippen molar-refractivity contribution in [3.63, 3.8) is 0 Å². The first kappa shape index (κ1) is 15.8. The Bertz CT molecular complexity index is 1070. The first-order chi connectivity index (χ1) is 12.7. The summed E-state index contributed by atoms with van der Waals surface area (Å²) in [7, 11) is 0. The number of nitrogens with one attached hydrogen (secondary N) is 2. The maximum Gasteiger partial charge on any atom is 0.159 e. The van der Waals surface area contributed by atoms with Gasteiger partial charge in [0.05, 0.1) is 11.2 Å². The van der Waals surface area contributed by atoms with Gasteiger partial charge in [-0.25, -0.2) is 9.97 Å². The Hall–Kier alpha value is -3.67. The van der Waals surface area contributed by atoms with Crippen LogP contribution in [0.1, 0.15) is 5.56 Å². The fraction of sp³-hybridized carbons (Fsp3) is 0.0500. The van der Waals surface area contributed by atoms with Gasteiger partial charge in [0.25, 0.3) is 0 Å². The number of para-hydroxylation sites is 2. The summed E-state index contributed by atoms with van der Waals surface area (Å²) in [6.07, 6.45) is 3.25. The molecule has 2 aromatic heterocycles. The minimum Gasteiger partial charge on any atom is -0.393 e. The normalized spacial score (nSPS) is 10.7. The van der Waals surface area contributed by atoms with E-state index in [-0.39, 0.29) is 0 Å². The summed E-state index contributed by atoms with van der Waals surface area (Å²) in [6.45, 7) is 2.03. The smallest absolute Gasteiger partial charge is 0.159 e. The fourth-order valence-electron chi connectivity index (χ4n) is 2.77. The van der Waals surface area contributed by atoms with E-state index in [1.807, 2.05) is 61.5 Å². The summed E-state index contributed by atoms with van der Waals surface area (Å²) in [6, 6.07) is 17.8.